The first-order valence-electron chi connectivity index (χ1n) is 4.66. The van der Waals surface area contributed by atoms with Crippen molar-refractivity contribution < 1.29 is 9.72 Å². The van der Waals surface area contributed by atoms with Gasteiger partial charge in [-0.15, -0.1) is 6.42 Å². The summed E-state index contributed by atoms with van der Waals surface area (Å²) in [6.45, 7) is 1.63. The number of nitrogens with zero attached hydrogens (tertiary/aromatic N) is 1. The Morgan fingerprint density at radius 2 is 2.29 bits per heavy atom. The number of benzene rings is 1. The maximum absolute atomic E-state index is 11.6. The number of hydrogen-bond acceptors (Lipinski definition) is 3. The number of carbonyl (C=O) groups is 1. The van der Waals surface area contributed by atoms with Crippen LogP contribution in [0.1, 0.15) is 17.3 Å². The molecular formula is C11H9ClN2O3. The van der Waals surface area contributed by atoms with E-state index in [0.717, 1.165) is 6.07 Å². The molecule has 1 rings (SSSR count). The Kier molecular flexibility index (Phi) is 4.07. The summed E-state index contributed by atoms with van der Waals surface area (Å²) in [5.74, 6) is 1.85. The smallest absolute Gasteiger partial charge is 0.288 e. The summed E-state index contributed by atoms with van der Waals surface area (Å²) in [7, 11) is 0. The molecule has 0 bridgehead atoms. The average molecular weight is 253 g/mol. The zero-order valence-corrected chi connectivity index (χ0v) is 9.69. The first-order chi connectivity index (χ1) is 7.95. The van der Waals surface area contributed by atoms with Gasteiger partial charge in [0.15, 0.2) is 0 Å². The summed E-state index contributed by atoms with van der Waals surface area (Å²) in [4.78, 5) is 21.6. The quantitative estimate of drug-likeness (QED) is 0.508. The highest BCUT2D eigenvalue weighted by Crippen LogP contribution is 2.24. The minimum Gasteiger partial charge on any atom is -0.339 e. The molecule has 1 atom stereocenters. The van der Waals surface area contributed by atoms with Crippen molar-refractivity contribution in [2.75, 3.05) is 0 Å². The van der Waals surface area contributed by atoms with E-state index in [1.807, 2.05) is 0 Å². The molecule has 0 saturated carbocycles. The van der Waals surface area contributed by atoms with Gasteiger partial charge in [-0.1, -0.05) is 17.5 Å². The fourth-order valence-electron chi connectivity index (χ4n) is 1.12. The molecule has 1 aromatic carbocycles. The van der Waals surface area contributed by atoms with Crippen molar-refractivity contribution in [3.63, 3.8) is 0 Å². The van der Waals surface area contributed by atoms with Crippen LogP contribution < -0.4 is 5.32 Å². The van der Waals surface area contributed by atoms with Crippen LogP contribution >= 0.6 is 11.6 Å². The topological polar surface area (TPSA) is 72.2 Å². The lowest BCUT2D eigenvalue weighted by atomic mass is 10.2. The summed E-state index contributed by atoms with van der Waals surface area (Å²) < 4.78 is 0. The first kappa shape index (κ1) is 13.0. The van der Waals surface area contributed by atoms with E-state index in [9.17, 15) is 14.9 Å². The van der Waals surface area contributed by atoms with Gasteiger partial charge in [-0.05, 0) is 19.1 Å². The summed E-state index contributed by atoms with van der Waals surface area (Å²) in [6, 6.07) is 3.36. The van der Waals surface area contributed by atoms with E-state index < -0.39 is 16.9 Å². The molecule has 0 saturated heterocycles. The van der Waals surface area contributed by atoms with Gasteiger partial charge < -0.3 is 5.32 Å². The molecule has 88 valence electrons. The molecule has 0 aliphatic rings. The normalized spacial score (nSPS) is 11.4. The van der Waals surface area contributed by atoms with Gasteiger partial charge in [0.1, 0.15) is 5.02 Å². The number of carbonyl (C=O) groups excluding carboxylic acids is 1. The Morgan fingerprint density at radius 1 is 1.65 bits per heavy atom. The molecule has 0 spiro atoms. The molecule has 1 unspecified atom stereocenters. The number of hydrogen-bond donors (Lipinski definition) is 1. The van der Waals surface area contributed by atoms with Crippen LogP contribution in [0, 0.1) is 22.5 Å². The number of terminal acetylenes is 1. The molecule has 0 aliphatic heterocycles. The summed E-state index contributed by atoms with van der Waals surface area (Å²) in [5, 5.41) is 13.1. The van der Waals surface area contributed by atoms with Crippen LogP contribution in [0.2, 0.25) is 5.02 Å². The number of nitro groups is 1. The standard InChI is InChI=1S/C11H9ClN2O3/c1-3-7(2)13-11(15)8-4-5-9(12)10(6-8)14(16)17/h1,4-7H,2H3,(H,13,15). The second kappa shape index (κ2) is 5.32. The minimum absolute atomic E-state index is 0.0171. The van der Waals surface area contributed by atoms with Gasteiger partial charge in [-0.2, -0.15) is 0 Å². The summed E-state index contributed by atoms with van der Waals surface area (Å²) >= 11 is 5.62. The Labute approximate surface area is 103 Å². The first-order valence-corrected chi connectivity index (χ1v) is 5.04. The molecule has 0 radical (unpaired) electrons. The van der Waals surface area contributed by atoms with Crippen molar-refractivity contribution in [3.8, 4) is 12.3 Å². The van der Waals surface area contributed by atoms with Gasteiger partial charge >= 0.3 is 0 Å². The molecule has 1 amide bonds. The molecule has 0 aliphatic carbocycles. The van der Waals surface area contributed by atoms with Crippen LogP contribution in [0.15, 0.2) is 18.2 Å². The SMILES string of the molecule is C#CC(C)NC(=O)c1ccc(Cl)c([N+](=O)[O-])c1. The monoisotopic (exact) mass is 252 g/mol. The van der Waals surface area contributed by atoms with Gasteiger partial charge in [-0.3, -0.25) is 14.9 Å². The second-order valence-corrected chi connectivity index (χ2v) is 3.69. The van der Waals surface area contributed by atoms with E-state index in [-0.39, 0.29) is 16.3 Å². The Bertz CT molecular complexity index is 508. The zero-order valence-electron chi connectivity index (χ0n) is 8.94. The number of amides is 1. The van der Waals surface area contributed by atoms with Crippen molar-refractivity contribution in [1.82, 2.24) is 5.32 Å². The fourth-order valence-corrected chi connectivity index (χ4v) is 1.30. The van der Waals surface area contributed by atoms with Crippen molar-refractivity contribution in [1.29, 1.82) is 0 Å². The van der Waals surface area contributed by atoms with E-state index in [1.165, 1.54) is 12.1 Å². The molecule has 17 heavy (non-hydrogen) atoms. The molecule has 5 nitrogen and oxygen atoms in total. The largest absolute Gasteiger partial charge is 0.339 e. The van der Waals surface area contributed by atoms with Crippen LogP contribution in [-0.4, -0.2) is 16.9 Å². The predicted octanol–water partition coefficient (Wildman–Crippen LogP) is 2.00. The third-order valence-corrected chi connectivity index (χ3v) is 2.32. The van der Waals surface area contributed by atoms with Crippen LogP contribution in [0.4, 0.5) is 5.69 Å². The number of nitrogens with one attached hydrogen (secondary N) is 1. The maximum Gasteiger partial charge on any atom is 0.288 e. The Morgan fingerprint density at radius 3 is 2.82 bits per heavy atom. The Hall–Kier alpha value is -2.06. The highest BCUT2D eigenvalue weighted by atomic mass is 35.5. The molecule has 1 N–H and O–H groups in total. The lowest BCUT2D eigenvalue weighted by Crippen LogP contribution is -2.31. The molecule has 0 heterocycles. The van der Waals surface area contributed by atoms with Gasteiger partial charge in [0.2, 0.25) is 0 Å². The van der Waals surface area contributed by atoms with Crippen LogP contribution in [-0.2, 0) is 0 Å². The van der Waals surface area contributed by atoms with Gasteiger partial charge in [0.25, 0.3) is 11.6 Å². The lowest BCUT2D eigenvalue weighted by Gasteiger charge is -2.07. The van der Waals surface area contributed by atoms with Gasteiger partial charge in [0, 0.05) is 11.6 Å². The van der Waals surface area contributed by atoms with Crippen LogP contribution in [0.5, 0.6) is 0 Å². The van der Waals surface area contributed by atoms with E-state index in [2.05, 4.69) is 11.2 Å². The average Bonchev–Trinajstić information content (AvgIpc) is 2.28. The Balaban J connectivity index is 3.01. The van der Waals surface area contributed by atoms with Crippen molar-refractivity contribution in [2.24, 2.45) is 0 Å². The number of halogens is 1. The number of nitro benzene ring substituents is 1. The summed E-state index contributed by atoms with van der Waals surface area (Å²) in [6.07, 6.45) is 5.11. The highest BCUT2D eigenvalue weighted by Gasteiger charge is 2.16. The van der Waals surface area contributed by atoms with Crippen LogP contribution in [0.25, 0.3) is 0 Å². The van der Waals surface area contributed by atoms with E-state index in [1.54, 1.807) is 6.92 Å². The molecular weight excluding hydrogens is 244 g/mol. The summed E-state index contributed by atoms with van der Waals surface area (Å²) in [5.41, 5.74) is -0.170. The lowest BCUT2D eigenvalue weighted by molar-refractivity contribution is -0.384. The molecule has 1 aromatic rings. The zero-order chi connectivity index (χ0) is 13.0. The third-order valence-electron chi connectivity index (χ3n) is 2.00. The second-order valence-electron chi connectivity index (χ2n) is 3.29. The van der Waals surface area contributed by atoms with Crippen molar-refractivity contribution in [2.45, 2.75) is 13.0 Å². The molecule has 6 heteroatoms. The molecule has 0 fully saturated rings. The van der Waals surface area contributed by atoms with E-state index >= 15 is 0 Å². The van der Waals surface area contributed by atoms with Gasteiger partial charge in [-0.25, -0.2) is 0 Å². The van der Waals surface area contributed by atoms with Crippen molar-refractivity contribution >= 4 is 23.2 Å². The number of rotatable bonds is 3. The predicted molar refractivity (Wildman–Crippen MR) is 63.9 cm³/mol. The van der Waals surface area contributed by atoms with E-state index in [4.69, 9.17) is 18.0 Å². The third kappa shape index (κ3) is 3.20. The fraction of sp³-hybridized carbons (Fsp3) is 0.182. The molecule has 0 aromatic heterocycles. The van der Waals surface area contributed by atoms with E-state index in [0.29, 0.717) is 0 Å². The minimum atomic E-state index is -0.649. The highest BCUT2D eigenvalue weighted by molar-refractivity contribution is 6.32. The van der Waals surface area contributed by atoms with Gasteiger partial charge in [0.05, 0.1) is 11.0 Å². The van der Waals surface area contributed by atoms with Crippen molar-refractivity contribution in [3.05, 3.63) is 38.9 Å². The van der Waals surface area contributed by atoms with Crippen LogP contribution in [0.3, 0.4) is 0 Å². The maximum atomic E-state index is 11.6.